The fourth-order valence-corrected chi connectivity index (χ4v) is 2.29. The first-order valence-electron chi connectivity index (χ1n) is 4.37. The summed E-state index contributed by atoms with van der Waals surface area (Å²) in [5, 5.41) is 8.44. The molecule has 1 unspecified atom stereocenters. The van der Waals surface area contributed by atoms with Crippen LogP contribution in [0.1, 0.15) is 13.3 Å². The van der Waals surface area contributed by atoms with Crippen LogP contribution in [0.25, 0.3) is 0 Å². The molecule has 0 heterocycles. The number of esters is 1. The Morgan fingerprint density at radius 3 is 2.71 bits per heavy atom. The Kier molecular flexibility index (Phi) is 8.67. The van der Waals surface area contributed by atoms with Gasteiger partial charge in [-0.2, -0.15) is 0 Å². The maximum absolute atomic E-state index is 11.2. The van der Waals surface area contributed by atoms with Crippen LogP contribution in [0.2, 0.25) is 6.04 Å². The van der Waals surface area contributed by atoms with Crippen molar-refractivity contribution in [2.24, 2.45) is 5.92 Å². The average molecular weight is 257 g/mol. The predicted octanol–water partition coefficient (Wildman–Crippen LogP) is 1.43. The zero-order valence-electron chi connectivity index (χ0n) is 8.00. The highest BCUT2D eigenvalue weighted by Crippen LogP contribution is 2.10. The van der Waals surface area contributed by atoms with Crippen LogP contribution in [0, 0.1) is 5.92 Å². The van der Waals surface area contributed by atoms with Crippen molar-refractivity contribution in [1.82, 2.24) is 0 Å². The first kappa shape index (κ1) is 14.2. The maximum Gasteiger partial charge on any atom is 0.308 e. The first-order chi connectivity index (χ1) is 6.57. The van der Waals surface area contributed by atoms with Crippen molar-refractivity contribution in [3.05, 3.63) is 0 Å². The van der Waals surface area contributed by atoms with E-state index < -0.39 is 0 Å². The van der Waals surface area contributed by atoms with Gasteiger partial charge in [0.1, 0.15) is 6.61 Å². The molecule has 82 valence electrons. The maximum atomic E-state index is 11.2. The van der Waals surface area contributed by atoms with Crippen molar-refractivity contribution in [1.29, 1.82) is 0 Å². The van der Waals surface area contributed by atoms with Crippen molar-refractivity contribution >= 4 is 38.7 Å². The molecule has 0 bridgehead atoms. The summed E-state index contributed by atoms with van der Waals surface area (Å²) in [7, 11) is 0.450. The Balaban J connectivity index is 3.51. The summed E-state index contributed by atoms with van der Waals surface area (Å²) in [5.41, 5.74) is 0. The van der Waals surface area contributed by atoms with Gasteiger partial charge in [0.05, 0.1) is 26.5 Å². The Hall–Kier alpha value is 0.227. The highest BCUT2D eigenvalue weighted by Gasteiger charge is 2.14. The predicted molar refractivity (Wildman–Crippen MR) is 57.9 cm³/mol. The van der Waals surface area contributed by atoms with Gasteiger partial charge in [0.25, 0.3) is 0 Å². The molecule has 14 heavy (non-hydrogen) atoms. The molecule has 0 aliphatic carbocycles. The lowest BCUT2D eigenvalue weighted by Gasteiger charge is -2.10. The van der Waals surface area contributed by atoms with E-state index in [0.29, 0.717) is 9.52 Å². The number of halogens is 2. The number of hydrogen-bond donors (Lipinski definition) is 1. The first-order valence-corrected chi connectivity index (χ1v) is 6.52. The minimum absolute atomic E-state index is 0.0685. The smallest absolute Gasteiger partial charge is 0.308 e. The third-order valence-electron chi connectivity index (χ3n) is 1.61. The standard InChI is InChI=1S/C8H14Cl2O3Si/c1-6(2-5-14-8(9)10)7(12)13-4-3-11/h6,8,11H,2-5H2,1H3. The molecule has 0 rings (SSSR count). The second-order valence-corrected chi connectivity index (χ2v) is 6.15. The third-order valence-corrected chi connectivity index (χ3v) is 3.43. The molecule has 0 amide bonds. The lowest BCUT2D eigenvalue weighted by atomic mass is 10.1. The fourth-order valence-electron chi connectivity index (χ4n) is 0.815. The van der Waals surface area contributed by atoms with E-state index in [1.165, 1.54) is 0 Å². The SMILES string of the molecule is CC(CC[Si]C(Cl)Cl)C(=O)OCCO. The lowest BCUT2D eigenvalue weighted by molar-refractivity contribution is -0.149. The molecule has 1 N–H and O–H groups in total. The van der Waals surface area contributed by atoms with Crippen LogP contribution < -0.4 is 0 Å². The molecule has 0 aromatic rings. The van der Waals surface area contributed by atoms with E-state index in [1.807, 2.05) is 0 Å². The van der Waals surface area contributed by atoms with E-state index in [1.54, 1.807) is 6.92 Å². The van der Waals surface area contributed by atoms with Gasteiger partial charge in [0, 0.05) is 0 Å². The van der Waals surface area contributed by atoms with Crippen molar-refractivity contribution < 1.29 is 14.6 Å². The van der Waals surface area contributed by atoms with Gasteiger partial charge in [-0.05, 0) is 6.42 Å². The molecule has 6 heteroatoms. The summed E-state index contributed by atoms with van der Waals surface area (Å²) < 4.78 is 4.42. The number of ether oxygens (including phenoxy) is 1. The molecule has 1 atom stereocenters. The van der Waals surface area contributed by atoms with Crippen molar-refractivity contribution in [2.45, 2.75) is 23.8 Å². The number of rotatable bonds is 7. The number of carbonyl (C=O) groups excluding carboxylic acids is 1. The van der Waals surface area contributed by atoms with Crippen LogP contribution in [0.3, 0.4) is 0 Å². The highest BCUT2D eigenvalue weighted by molar-refractivity contribution is 6.68. The monoisotopic (exact) mass is 256 g/mol. The molecule has 0 aliphatic heterocycles. The number of carbonyl (C=O) groups is 1. The summed E-state index contributed by atoms with van der Waals surface area (Å²) in [6.07, 6.45) is 0.721. The van der Waals surface area contributed by atoms with Crippen LogP contribution in [0.4, 0.5) is 0 Å². The summed E-state index contributed by atoms with van der Waals surface area (Å²) in [4.78, 5) is 11.2. The molecule has 0 aliphatic rings. The third kappa shape index (κ3) is 7.61. The van der Waals surface area contributed by atoms with Gasteiger partial charge in [-0.1, -0.05) is 13.0 Å². The number of alkyl halides is 2. The number of hydrogen-bond acceptors (Lipinski definition) is 3. The number of aliphatic hydroxyl groups excluding tert-OH is 1. The lowest BCUT2D eigenvalue weighted by Crippen LogP contribution is -2.17. The van der Waals surface area contributed by atoms with E-state index in [9.17, 15) is 4.79 Å². The van der Waals surface area contributed by atoms with Gasteiger partial charge < -0.3 is 9.84 Å². The van der Waals surface area contributed by atoms with Gasteiger partial charge in [-0.3, -0.25) is 4.79 Å². The van der Waals surface area contributed by atoms with Gasteiger partial charge in [0.2, 0.25) is 0 Å². The Morgan fingerprint density at radius 1 is 1.57 bits per heavy atom. The van der Waals surface area contributed by atoms with Crippen LogP contribution >= 0.6 is 23.2 Å². The van der Waals surface area contributed by atoms with Crippen molar-refractivity contribution in [3.8, 4) is 0 Å². The zero-order chi connectivity index (χ0) is 11.0. The topological polar surface area (TPSA) is 46.5 Å². The minimum Gasteiger partial charge on any atom is -0.463 e. The van der Waals surface area contributed by atoms with Gasteiger partial charge in [-0.25, -0.2) is 0 Å². The molecule has 0 aromatic heterocycles. The quantitative estimate of drug-likeness (QED) is 0.426. The van der Waals surface area contributed by atoms with Crippen LogP contribution in [-0.2, 0) is 9.53 Å². The normalized spacial score (nSPS) is 12.9. The second-order valence-electron chi connectivity index (χ2n) is 2.84. The van der Waals surface area contributed by atoms with Crippen molar-refractivity contribution in [3.63, 3.8) is 0 Å². The molecular formula is C8H14Cl2O3Si. The van der Waals surface area contributed by atoms with E-state index in [0.717, 1.165) is 12.5 Å². The Bertz CT molecular complexity index is 167. The molecule has 0 aromatic carbocycles. The summed E-state index contributed by atoms with van der Waals surface area (Å²) in [6, 6.07) is 0.826. The Morgan fingerprint density at radius 2 is 2.21 bits per heavy atom. The molecule has 0 fully saturated rings. The largest absolute Gasteiger partial charge is 0.463 e. The Labute approximate surface area is 96.5 Å². The molecular weight excluding hydrogens is 243 g/mol. The molecule has 0 spiro atoms. The van der Waals surface area contributed by atoms with Crippen LogP contribution in [0.15, 0.2) is 0 Å². The van der Waals surface area contributed by atoms with E-state index in [2.05, 4.69) is 0 Å². The minimum atomic E-state index is -0.337. The highest BCUT2D eigenvalue weighted by atomic mass is 35.5. The summed E-state index contributed by atoms with van der Waals surface area (Å²) >= 11 is 11.1. The average Bonchev–Trinajstić information content (AvgIpc) is 2.13. The van der Waals surface area contributed by atoms with Gasteiger partial charge >= 0.3 is 5.97 Å². The fraction of sp³-hybridized carbons (Fsp3) is 0.875. The van der Waals surface area contributed by atoms with E-state index in [4.69, 9.17) is 33.0 Å². The number of aliphatic hydroxyl groups is 1. The molecule has 2 radical (unpaired) electrons. The van der Waals surface area contributed by atoms with E-state index in [-0.39, 0.29) is 29.6 Å². The van der Waals surface area contributed by atoms with Crippen molar-refractivity contribution in [2.75, 3.05) is 13.2 Å². The van der Waals surface area contributed by atoms with E-state index >= 15 is 0 Å². The zero-order valence-corrected chi connectivity index (χ0v) is 10.5. The van der Waals surface area contributed by atoms with Gasteiger partial charge in [0.15, 0.2) is 0 Å². The molecule has 3 nitrogen and oxygen atoms in total. The van der Waals surface area contributed by atoms with Gasteiger partial charge in [-0.15, -0.1) is 23.2 Å². The molecule has 0 saturated heterocycles. The van der Waals surface area contributed by atoms with Crippen LogP contribution in [0.5, 0.6) is 0 Å². The summed E-state index contributed by atoms with van der Waals surface area (Å²) in [6.45, 7) is 1.73. The summed E-state index contributed by atoms with van der Waals surface area (Å²) in [5.74, 6) is -0.425. The van der Waals surface area contributed by atoms with Crippen LogP contribution in [-0.4, -0.2) is 38.3 Å². The second kappa shape index (κ2) is 8.53. The molecule has 0 saturated carbocycles.